The number of amides is 9. The molecule has 1 aliphatic rings. The first kappa shape index (κ1) is 63.0. The molecule has 73 heavy (non-hydrogen) atoms. The van der Waals surface area contributed by atoms with Gasteiger partial charge in [-0.1, -0.05) is 63.2 Å². The highest BCUT2D eigenvalue weighted by Gasteiger charge is 2.25. The second-order valence-electron chi connectivity index (χ2n) is 16.0. The van der Waals surface area contributed by atoms with Gasteiger partial charge in [0.2, 0.25) is 35.9 Å². The molecule has 0 bridgehead atoms. The van der Waals surface area contributed by atoms with Gasteiger partial charge in [-0.25, -0.2) is 14.1 Å². The number of benzene rings is 3. The lowest BCUT2D eigenvalue weighted by Crippen LogP contribution is -2.51. The number of aliphatic hydroxyl groups is 1. The second-order valence-corrected chi connectivity index (χ2v) is 17.0. The molecule has 0 aromatic heterocycles. The first-order valence-corrected chi connectivity index (χ1v) is 23.0. The average molecular weight is 1040 g/mol. The highest BCUT2D eigenvalue weighted by Crippen LogP contribution is 2.18. The lowest BCUT2D eigenvalue weighted by molar-refractivity contribution is -0.835. The number of hydrogen-bond donors (Lipinski definition) is 8. The van der Waals surface area contributed by atoms with E-state index in [0.29, 0.717) is 35.9 Å². The van der Waals surface area contributed by atoms with Crippen molar-refractivity contribution in [3.05, 3.63) is 112 Å². The number of likely N-dealkylation sites (N-methyl/N-ethyl adjacent to an activating group) is 1. The molecule has 7 N–H and O–H groups in total. The van der Waals surface area contributed by atoms with Crippen molar-refractivity contribution in [2.75, 3.05) is 58.9 Å². The zero-order valence-corrected chi connectivity index (χ0v) is 42.3. The zero-order chi connectivity index (χ0) is 54.9. The molecule has 0 saturated heterocycles. The molecular formula is C48H64N9O15S+. The molecule has 25 heteroatoms. The molecule has 396 valence electrons. The Bertz CT molecular complexity index is 2330. The highest BCUT2D eigenvalue weighted by molar-refractivity contribution is 7.80. The summed E-state index contributed by atoms with van der Waals surface area (Å²) in [6, 6.07) is 19.3. The molecular weight excluding hydrogens is 975 g/mol. The van der Waals surface area contributed by atoms with Gasteiger partial charge >= 0.3 is 12.1 Å². The maximum atomic E-state index is 12.8. The normalized spacial score (nSPS) is 11.6. The number of carbonyl (C=O) groups is 10. The van der Waals surface area contributed by atoms with Gasteiger partial charge in [-0.15, -0.1) is 0 Å². The number of nitro groups is 1. The summed E-state index contributed by atoms with van der Waals surface area (Å²) in [5.74, 6) is -3.03. The Morgan fingerprint density at radius 3 is 1.90 bits per heavy atom. The molecule has 1 heterocycles. The number of ether oxygens (including phenoxy) is 2. The summed E-state index contributed by atoms with van der Waals surface area (Å²) in [5, 5.41) is 34.7. The van der Waals surface area contributed by atoms with E-state index in [2.05, 4.69) is 44.5 Å². The second kappa shape index (κ2) is 34.3. The van der Waals surface area contributed by atoms with E-state index >= 15 is 0 Å². The predicted octanol–water partition coefficient (Wildman–Crippen LogP) is 1.67. The van der Waals surface area contributed by atoms with Crippen LogP contribution >= 0.6 is 12.6 Å². The van der Waals surface area contributed by atoms with Crippen molar-refractivity contribution in [3.63, 3.8) is 0 Å². The standard InChI is InChI=1S/C28H27N5O9.C11H15N3O4.C6H14NO2.C3H8S/c34-18-29-15-25(35)32-24(14-19-4-2-1-3-5-19)27(37)30-16-26(36)31-21-8-6-20(7-9-21)17-41-28(38)42-23-12-10-22(11-13-23)33(39)40;1-2-12-9(16)7-13-8(15)5-6-14-10(17)3-4-11(14)18;1-4-6(9)7(2,3)5-8;1-3(2)4/h1-13,18,24H,14-17H2,(H,29,34)(H,30,37)(H,31,36)(H,32,35);3-4H,2,5-7H2,1H3,(H,12,16)(H,13,15);8H,4-5H2,1-3H3;3-4H,1-2H3/q;;+1;. The van der Waals surface area contributed by atoms with Crippen LogP contribution in [0.4, 0.5) is 16.2 Å². The fraction of sp³-hybridized carbons (Fsp3) is 0.375. The summed E-state index contributed by atoms with van der Waals surface area (Å²) in [6.45, 7) is 7.12. The molecule has 9 amide bonds. The maximum absolute atomic E-state index is 12.8. The molecule has 3 aromatic carbocycles. The molecule has 1 unspecified atom stereocenters. The number of hydrogen-bond acceptors (Lipinski definition) is 16. The number of aliphatic hydroxyl groups excluding tert-OH is 1. The van der Waals surface area contributed by atoms with Crippen LogP contribution in [0.15, 0.2) is 91.0 Å². The van der Waals surface area contributed by atoms with E-state index in [4.69, 9.17) is 14.6 Å². The number of imide groups is 1. The number of carbonyl (C=O) groups excluding carboxylic acids is 10. The van der Waals surface area contributed by atoms with Crippen molar-refractivity contribution in [1.29, 1.82) is 0 Å². The Kier molecular flexibility index (Phi) is 29.6. The Morgan fingerprint density at radius 1 is 0.795 bits per heavy atom. The molecule has 4 rings (SSSR count). The van der Waals surface area contributed by atoms with Crippen LogP contribution in [0.25, 0.3) is 0 Å². The van der Waals surface area contributed by atoms with Crippen LogP contribution in [0.3, 0.4) is 0 Å². The molecule has 24 nitrogen and oxygen atoms in total. The number of quaternary nitrogens is 1. The van der Waals surface area contributed by atoms with Crippen LogP contribution in [-0.2, 0) is 60.9 Å². The van der Waals surface area contributed by atoms with E-state index in [1.165, 1.54) is 24.3 Å². The SMILES string of the molecule is CC(C)S.CCC(=O)[N+](C)(C)CO.CCNC(=O)CNC(=O)CCN1C(=O)C=CC1=O.O=CNCC(=O)NC(Cc1ccccc1)C(=O)NCC(=O)Nc1ccc(COC(=O)Oc2ccc([N+](=O)[O-])cc2)cc1. The highest BCUT2D eigenvalue weighted by atomic mass is 32.1. The van der Waals surface area contributed by atoms with Crippen LogP contribution in [0.2, 0.25) is 0 Å². The monoisotopic (exact) mass is 1040 g/mol. The Morgan fingerprint density at radius 2 is 1.38 bits per heavy atom. The van der Waals surface area contributed by atoms with Gasteiger partial charge in [-0.05, 0) is 47.6 Å². The number of thiol groups is 1. The Balaban J connectivity index is 0.000000699. The third-order valence-electron chi connectivity index (χ3n) is 9.16. The summed E-state index contributed by atoms with van der Waals surface area (Å²) >= 11 is 3.97. The van der Waals surface area contributed by atoms with Gasteiger partial charge in [0, 0.05) is 55.9 Å². The third kappa shape index (κ3) is 27.2. The van der Waals surface area contributed by atoms with Gasteiger partial charge in [0.05, 0.1) is 45.1 Å². The van der Waals surface area contributed by atoms with Gasteiger partial charge < -0.3 is 46.5 Å². The molecule has 1 atom stereocenters. The minimum Gasteiger partial charge on any atom is -0.429 e. The number of non-ortho nitro benzene ring substituents is 1. The number of anilines is 1. The first-order chi connectivity index (χ1) is 34.5. The molecule has 1 aliphatic heterocycles. The van der Waals surface area contributed by atoms with Gasteiger partial charge in [0.15, 0.2) is 6.73 Å². The topological polar surface area (TPSA) is 328 Å². The zero-order valence-electron chi connectivity index (χ0n) is 41.4. The van der Waals surface area contributed by atoms with Gasteiger partial charge in [-0.2, -0.15) is 12.6 Å². The van der Waals surface area contributed by atoms with E-state index in [1.54, 1.807) is 76.5 Å². The van der Waals surface area contributed by atoms with Crippen LogP contribution in [0.1, 0.15) is 51.7 Å². The quantitative estimate of drug-likeness (QED) is 0.00817. The molecule has 0 fully saturated rings. The fourth-order valence-electron chi connectivity index (χ4n) is 5.42. The number of nitro benzene ring substituents is 1. The summed E-state index contributed by atoms with van der Waals surface area (Å²) < 4.78 is 10.1. The van der Waals surface area contributed by atoms with E-state index in [1.807, 2.05) is 19.9 Å². The fourth-order valence-corrected chi connectivity index (χ4v) is 5.42. The Labute approximate surface area is 427 Å². The minimum absolute atomic E-state index is 0.0153. The van der Waals surface area contributed by atoms with Crippen LogP contribution < -0.4 is 36.6 Å². The van der Waals surface area contributed by atoms with Gasteiger partial charge in [0.1, 0.15) is 18.4 Å². The average Bonchev–Trinajstić information content (AvgIpc) is 3.68. The van der Waals surface area contributed by atoms with Crippen molar-refractivity contribution < 1.29 is 71.9 Å². The van der Waals surface area contributed by atoms with E-state index in [0.717, 1.165) is 22.6 Å². The predicted molar refractivity (Wildman–Crippen MR) is 269 cm³/mol. The van der Waals surface area contributed by atoms with E-state index in [-0.39, 0.29) is 86.0 Å². The summed E-state index contributed by atoms with van der Waals surface area (Å²) in [7, 11) is 3.37. The first-order valence-electron chi connectivity index (χ1n) is 22.5. The van der Waals surface area contributed by atoms with Crippen LogP contribution in [0.5, 0.6) is 5.75 Å². The van der Waals surface area contributed by atoms with Gasteiger partial charge in [-0.3, -0.25) is 53.4 Å². The van der Waals surface area contributed by atoms with Crippen molar-refractivity contribution in [2.24, 2.45) is 0 Å². The van der Waals surface area contributed by atoms with Crippen molar-refractivity contribution in [3.8, 4) is 5.75 Å². The lowest BCUT2D eigenvalue weighted by atomic mass is 10.1. The maximum Gasteiger partial charge on any atom is 0.514 e. The number of rotatable bonds is 22. The molecule has 0 radical (unpaired) electrons. The number of nitrogens with one attached hydrogen (secondary N) is 6. The van der Waals surface area contributed by atoms with E-state index in [9.17, 15) is 58.1 Å². The van der Waals surface area contributed by atoms with Gasteiger partial charge in [0.25, 0.3) is 17.5 Å². The van der Waals surface area contributed by atoms with Crippen LogP contribution in [-0.4, -0.2) is 144 Å². The summed E-state index contributed by atoms with van der Waals surface area (Å²) in [6.07, 6.45) is 2.33. The molecule has 3 aromatic rings. The largest absolute Gasteiger partial charge is 0.514 e. The Hall–Kier alpha value is -8.03. The van der Waals surface area contributed by atoms with Crippen molar-refractivity contribution >= 4 is 83.8 Å². The lowest BCUT2D eigenvalue weighted by Gasteiger charge is -2.22. The van der Waals surface area contributed by atoms with Crippen molar-refractivity contribution in [1.82, 2.24) is 31.5 Å². The third-order valence-corrected chi connectivity index (χ3v) is 9.16. The number of nitrogens with zero attached hydrogens (tertiary/aromatic N) is 3. The molecule has 0 spiro atoms. The van der Waals surface area contributed by atoms with E-state index < -0.39 is 46.7 Å². The molecule has 0 aliphatic carbocycles. The molecule has 0 saturated carbocycles. The summed E-state index contributed by atoms with van der Waals surface area (Å²) in [4.78, 5) is 126. The summed E-state index contributed by atoms with van der Waals surface area (Å²) in [5.41, 5.74) is 1.65. The smallest absolute Gasteiger partial charge is 0.429 e. The van der Waals surface area contributed by atoms with Crippen molar-refractivity contribution in [2.45, 2.75) is 64.9 Å². The minimum atomic E-state index is -1.00. The van der Waals surface area contributed by atoms with Crippen LogP contribution in [0, 0.1) is 10.1 Å².